The third-order valence-electron chi connectivity index (χ3n) is 4.83. The highest BCUT2D eigenvalue weighted by molar-refractivity contribution is 5.99. The van der Waals surface area contributed by atoms with E-state index < -0.39 is 6.09 Å². The molecule has 1 atom stereocenters. The Bertz CT molecular complexity index is 847. The van der Waals surface area contributed by atoms with Crippen LogP contribution < -0.4 is 20.4 Å². The number of piperidine rings is 1. The number of aromatic nitrogens is 2. The molecule has 2 N–H and O–H groups in total. The van der Waals surface area contributed by atoms with Crippen LogP contribution in [0, 0.1) is 0 Å². The summed E-state index contributed by atoms with van der Waals surface area (Å²) in [4.78, 5) is 36.5. The topological polar surface area (TPSA) is 99.7 Å². The number of hydrogen-bond acceptors (Lipinski definition) is 6. The second kappa shape index (κ2) is 8.12. The van der Waals surface area contributed by atoms with E-state index in [0.717, 1.165) is 25.2 Å². The summed E-state index contributed by atoms with van der Waals surface area (Å²) in [7, 11) is 0. The van der Waals surface area contributed by atoms with Crippen LogP contribution in [0.25, 0.3) is 0 Å². The molecule has 1 aromatic carbocycles. The van der Waals surface area contributed by atoms with Crippen LogP contribution in [-0.2, 0) is 4.74 Å². The molecule has 2 aromatic rings. The average Bonchev–Trinajstić information content (AvgIpc) is 3.15. The molecule has 2 saturated heterocycles. The summed E-state index contributed by atoms with van der Waals surface area (Å²) < 4.78 is 5.00. The van der Waals surface area contributed by atoms with Crippen molar-refractivity contribution in [1.82, 2.24) is 15.3 Å². The van der Waals surface area contributed by atoms with E-state index in [9.17, 15) is 9.59 Å². The predicted molar refractivity (Wildman–Crippen MR) is 105 cm³/mol. The first-order valence-electron chi connectivity index (χ1n) is 9.32. The van der Waals surface area contributed by atoms with Gasteiger partial charge in [0.1, 0.15) is 12.4 Å². The number of rotatable bonds is 4. The molecule has 0 spiro atoms. The largest absolute Gasteiger partial charge is 0.447 e. The van der Waals surface area contributed by atoms with Crippen LogP contribution in [0.4, 0.5) is 26.8 Å². The molecule has 3 heterocycles. The number of urea groups is 1. The molecule has 9 heteroatoms. The molecule has 0 bridgehead atoms. The van der Waals surface area contributed by atoms with Crippen LogP contribution in [0.3, 0.4) is 0 Å². The number of cyclic esters (lactones) is 1. The van der Waals surface area contributed by atoms with E-state index in [1.165, 1.54) is 4.90 Å². The maximum atomic E-state index is 12.6. The first-order valence-corrected chi connectivity index (χ1v) is 9.32. The first kappa shape index (κ1) is 18.0. The lowest BCUT2D eigenvalue weighted by Gasteiger charge is -2.33. The zero-order valence-electron chi connectivity index (χ0n) is 15.4. The Morgan fingerprint density at radius 1 is 1.21 bits per heavy atom. The number of para-hydroxylation sites is 2. The average molecular weight is 382 g/mol. The smallest absolute Gasteiger partial charge is 0.414 e. The number of nitrogens with one attached hydrogen (secondary N) is 2. The van der Waals surface area contributed by atoms with Crippen LogP contribution in [0.1, 0.15) is 12.8 Å². The van der Waals surface area contributed by atoms with Gasteiger partial charge in [-0.2, -0.15) is 0 Å². The lowest BCUT2D eigenvalue weighted by atomic mass is 10.1. The Morgan fingerprint density at radius 2 is 2.11 bits per heavy atom. The van der Waals surface area contributed by atoms with Gasteiger partial charge in [-0.3, -0.25) is 9.88 Å². The highest BCUT2D eigenvalue weighted by Gasteiger charge is 2.27. The highest BCUT2D eigenvalue weighted by Crippen LogP contribution is 2.28. The monoisotopic (exact) mass is 382 g/mol. The maximum Gasteiger partial charge on any atom is 0.414 e. The minimum Gasteiger partial charge on any atom is -0.447 e. The molecule has 9 nitrogen and oxygen atoms in total. The summed E-state index contributed by atoms with van der Waals surface area (Å²) in [5, 5.41) is 5.89. The minimum atomic E-state index is -0.401. The Morgan fingerprint density at radius 3 is 2.89 bits per heavy atom. The van der Waals surface area contributed by atoms with E-state index in [4.69, 9.17) is 4.74 Å². The van der Waals surface area contributed by atoms with Crippen molar-refractivity contribution in [2.75, 3.05) is 41.4 Å². The second-order valence-electron chi connectivity index (χ2n) is 6.73. The molecular weight excluding hydrogens is 360 g/mol. The summed E-state index contributed by atoms with van der Waals surface area (Å²) in [6.45, 7) is 2.37. The van der Waals surface area contributed by atoms with Crippen molar-refractivity contribution >= 4 is 29.3 Å². The van der Waals surface area contributed by atoms with Crippen molar-refractivity contribution in [3.63, 3.8) is 0 Å². The van der Waals surface area contributed by atoms with Crippen molar-refractivity contribution in [2.24, 2.45) is 0 Å². The quantitative estimate of drug-likeness (QED) is 0.841. The van der Waals surface area contributed by atoms with Gasteiger partial charge in [-0.15, -0.1) is 0 Å². The number of amides is 3. The fraction of sp³-hybridized carbons (Fsp3) is 0.368. The van der Waals surface area contributed by atoms with E-state index in [1.807, 2.05) is 12.1 Å². The maximum absolute atomic E-state index is 12.6. The summed E-state index contributed by atoms with van der Waals surface area (Å²) in [6, 6.07) is 6.90. The van der Waals surface area contributed by atoms with Crippen molar-refractivity contribution in [3.05, 3.63) is 42.9 Å². The summed E-state index contributed by atoms with van der Waals surface area (Å²) in [5.74, 6) is 0.812. The van der Waals surface area contributed by atoms with Crippen LogP contribution in [0.15, 0.2) is 42.9 Å². The zero-order valence-corrected chi connectivity index (χ0v) is 15.4. The minimum absolute atomic E-state index is 0.000305. The molecule has 3 amide bonds. The summed E-state index contributed by atoms with van der Waals surface area (Å²) in [6.07, 6.45) is 6.49. The molecule has 28 heavy (non-hydrogen) atoms. The van der Waals surface area contributed by atoms with Gasteiger partial charge in [0.15, 0.2) is 0 Å². The van der Waals surface area contributed by atoms with Gasteiger partial charge >= 0.3 is 12.1 Å². The third kappa shape index (κ3) is 3.98. The molecule has 1 aromatic heterocycles. The van der Waals surface area contributed by atoms with Crippen LogP contribution in [-0.4, -0.2) is 54.4 Å². The SMILES string of the molecule is O=C(Nc1ccccc1N1CCOC1=O)N[C@H]1CCCN(c2cnccn2)C1. The third-order valence-corrected chi connectivity index (χ3v) is 4.83. The fourth-order valence-corrected chi connectivity index (χ4v) is 3.53. The molecule has 0 aliphatic carbocycles. The van der Waals surface area contributed by atoms with Gasteiger partial charge in [-0.05, 0) is 25.0 Å². The Hall–Kier alpha value is -3.36. The van der Waals surface area contributed by atoms with E-state index >= 15 is 0 Å². The molecule has 0 unspecified atom stereocenters. The number of ether oxygens (including phenoxy) is 1. The van der Waals surface area contributed by atoms with Crippen molar-refractivity contribution in [3.8, 4) is 0 Å². The Kier molecular flexibility index (Phi) is 5.22. The first-order chi connectivity index (χ1) is 13.7. The van der Waals surface area contributed by atoms with E-state index in [1.54, 1.807) is 30.7 Å². The normalized spacial score (nSPS) is 19.3. The molecule has 0 radical (unpaired) electrons. The van der Waals surface area contributed by atoms with Crippen LogP contribution >= 0.6 is 0 Å². The van der Waals surface area contributed by atoms with Crippen LogP contribution in [0.5, 0.6) is 0 Å². The second-order valence-corrected chi connectivity index (χ2v) is 6.73. The molecule has 2 fully saturated rings. The number of benzene rings is 1. The zero-order chi connectivity index (χ0) is 19.3. The molecule has 146 valence electrons. The van der Waals surface area contributed by atoms with Crippen molar-refractivity contribution < 1.29 is 14.3 Å². The summed E-state index contributed by atoms with van der Waals surface area (Å²) in [5.41, 5.74) is 1.20. The highest BCUT2D eigenvalue weighted by atomic mass is 16.6. The molecule has 4 rings (SSSR count). The summed E-state index contributed by atoms with van der Waals surface area (Å²) >= 11 is 0. The van der Waals surface area contributed by atoms with Gasteiger partial charge in [0.25, 0.3) is 0 Å². The standard InChI is InChI=1S/C19H22N6O3/c26-18(22-14-4-3-9-24(13-14)17-12-20-7-8-21-17)23-15-5-1-2-6-16(15)25-10-11-28-19(25)27/h1-2,5-8,12,14H,3-4,9-11,13H2,(H2,22,23,26)/t14-/m0/s1. The van der Waals surface area contributed by atoms with Gasteiger partial charge in [0, 0.05) is 31.5 Å². The van der Waals surface area contributed by atoms with Crippen molar-refractivity contribution in [2.45, 2.75) is 18.9 Å². The number of nitrogens with zero attached hydrogens (tertiary/aromatic N) is 4. The fourth-order valence-electron chi connectivity index (χ4n) is 3.53. The predicted octanol–water partition coefficient (Wildman–Crippen LogP) is 2.22. The molecule has 2 aliphatic heterocycles. The molecular formula is C19H22N6O3. The Balaban J connectivity index is 1.39. The van der Waals surface area contributed by atoms with Gasteiger partial charge < -0.3 is 20.3 Å². The van der Waals surface area contributed by atoms with Gasteiger partial charge in [-0.1, -0.05) is 12.1 Å². The lowest BCUT2D eigenvalue weighted by Crippen LogP contribution is -2.49. The van der Waals surface area contributed by atoms with Crippen LogP contribution in [0.2, 0.25) is 0 Å². The number of carbonyl (C=O) groups is 2. The lowest BCUT2D eigenvalue weighted by molar-refractivity contribution is 0.181. The van der Waals surface area contributed by atoms with E-state index in [0.29, 0.717) is 31.1 Å². The molecule has 0 saturated carbocycles. The van der Waals surface area contributed by atoms with E-state index in [2.05, 4.69) is 25.5 Å². The molecule has 2 aliphatic rings. The van der Waals surface area contributed by atoms with Crippen molar-refractivity contribution in [1.29, 1.82) is 0 Å². The Labute approximate surface area is 162 Å². The van der Waals surface area contributed by atoms with E-state index in [-0.39, 0.29) is 12.1 Å². The van der Waals surface area contributed by atoms with Gasteiger partial charge in [-0.25, -0.2) is 14.6 Å². The number of anilines is 3. The number of carbonyl (C=O) groups excluding carboxylic acids is 2. The number of hydrogen-bond donors (Lipinski definition) is 2. The van der Waals surface area contributed by atoms with Gasteiger partial charge in [0.05, 0.1) is 24.1 Å². The van der Waals surface area contributed by atoms with Gasteiger partial charge in [0.2, 0.25) is 0 Å².